The van der Waals surface area contributed by atoms with Gasteiger partial charge in [-0.15, -0.1) is 23.1 Å². The van der Waals surface area contributed by atoms with Gasteiger partial charge in [0.15, 0.2) is 7.28 Å². The molecule has 0 spiro atoms. The third-order valence-corrected chi connectivity index (χ3v) is 19.8. The van der Waals surface area contributed by atoms with Crippen LogP contribution in [0.15, 0.2) is 179 Å². The Hall–Kier alpha value is -6.99. The van der Waals surface area contributed by atoms with Crippen LogP contribution in [0.3, 0.4) is 0 Å². The van der Waals surface area contributed by atoms with Crippen molar-refractivity contribution in [2.24, 2.45) is 0 Å². The van der Waals surface area contributed by atoms with Crippen LogP contribution >= 0.6 is 23.1 Å². The van der Waals surface area contributed by atoms with Gasteiger partial charge in [-0.25, -0.2) is 0 Å². The summed E-state index contributed by atoms with van der Waals surface area (Å²) >= 11 is 3.97. The first-order valence-corrected chi connectivity index (χ1v) is 28.1. The number of para-hydroxylation sites is 1. The Bertz CT molecular complexity index is 4320. The van der Waals surface area contributed by atoms with Gasteiger partial charge in [-0.3, -0.25) is 0 Å². The number of nitrogens with zero attached hydrogens (tertiary/aromatic N) is 1. The van der Waals surface area contributed by atoms with Crippen LogP contribution in [0.1, 0.15) is 106 Å². The van der Waals surface area contributed by atoms with Crippen molar-refractivity contribution in [3.05, 3.63) is 203 Å². The molecule has 0 saturated heterocycles. The van der Waals surface area contributed by atoms with E-state index >= 15 is 0 Å². The third kappa shape index (κ3) is 6.53. The average Bonchev–Trinajstić information content (AvgIpc) is 4.34. The lowest BCUT2D eigenvalue weighted by Crippen LogP contribution is -2.37. The SMILES string of the molecule is CC(C)(C)c1ccc(Nc2cc3oc4ccccc4c3cc2-c2c3c4c(c5cc6c(cc5n4-c4cc5c(cc4[B]3)SC(c3ccccc3)C5c3ccccc3)C(C)(C)CCC6(C)C)c3c2sc2ccccc23)cc1. The first kappa shape index (κ1) is 44.5. The molecule has 12 aromatic rings. The van der Waals surface area contributed by atoms with Crippen molar-refractivity contribution in [1.29, 1.82) is 0 Å². The van der Waals surface area contributed by atoms with Gasteiger partial charge in [-0.2, -0.15) is 0 Å². The summed E-state index contributed by atoms with van der Waals surface area (Å²) in [5.74, 6) is 0.191. The number of anilines is 2. The van der Waals surface area contributed by atoms with Crippen LogP contribution in [0.5, 0.6) is 0 Å². The number of hydrogen-bond acceptors (Lipinski definition) is 4. The predicted octanol–water partition coefficient (Wildman–Crippen LogP) is 18.1. The minimum absolute atomic E-state index is 0.0299. The zero-order valence-corrected chi connectivity index (χ0v) is 44.6. The fourth-order valence-corrected chi connectivity index (χ4v) is 16.0. The van der Waals surface area contributed by atoms with E-state index in [2.05, 4.69) is 235 Å². The Kier molecular flexibility index (Phi) is 9.48. The molecule has 9 aromatic carbocycles. The van der Waals surface area contributed by atoms with E-state index in [1.54, 1.807) is 0 Å². The van der Waals surface area contributed by atoms with Crippen LogP contribution in [0.4, 0.5) is 11.4 Å². The molecule has 1 aliphatic carbocycles. The Balaban J connectivity index is 1.09. The molecule has 0 bridgehead atoms. The number of nitrogens with one attached hydrogen (secondary N) is 1. The number of fused-ring (bicyclic) bond motifs is 14. The van der Waals surface area contributed by atoms with Crippen molar-refractivity contribution < 1.29 is 4.42 Å². The van der Waals surface area contributed by atoms with E-state index in [9.17, 15) is 0 Å². The van der Waals surface area contributed by atoms with Gasteiger partial charge in [0, 0.05) is 86.3 Å². The Morgan fingerprint density at radius 1 is 0.635 bits per heavy atom. The van der Waals surface area contributed by atoms with Gasteiger partial charge in [0.2, 0.25) is 0 Å². The topological polar surface area (TPSA) is 30.1 Å². The lowest BCUT2D eigenvalue weighted by molar-refractivity contribution is 0.332. The van der Waals surface area contributed by atoms with Gasteiger partial charge in [0.25, 0.3) is 0 Å². The standard InChI is InChI=1S/C68H56BN2OS2/c1-66(2,3)40-26-28-41(29-27-40)70-51-37-55-44(42-22-14-16-24-54(42)72-55)32-45(51)61-62-63-59(60-43-23-15-17-25-56(43)73-65(60)61)46-33-48-49(68(6,7)31-30-67(48,4)5)35-52(46)71(63)53-34-47-57(36-50(53)69-62)74-64(39-20-12-9-13-21-39)58(47)38-18-10-8-11-19-38/h8-29,32-37,58,64,70H,30-31H2,1-7H3. The molecule has 15 rings (SSSR count). The van der Waals surface area contributed by atoms with E-state index in [1.165, 1.54) is 108 Å². The van der Waals surface area contributed by atoms with Gasteiger partial charge in [-0.05, 0) is 122 Å². The second-order valence-electron chi connectivity index (χ2n) is 23.7. The van der Waals surface area contributed by atoms with E-state index in [-0.39, 0.29) is 27.4 Å². The molecular weight excluding hydrogens is 936 g/mol. The molecule has 0 saturated carbocycles. The Labute approximate surface area is 441 Å². The first-order valence-electron chi connectivity index (χ1n) is 26.4. The lowest BCUT2D eigenvalue weighted by atomic mass is 9.58. The quantitative estimate of drug-likeness (QED) is 0.174. The molecule has 3 aromatic heterocycles. The first-order chi connectivity index (χ1) is 35.8. The van der Waals surface area contributed by atoms with Crippen LogP contribution < -0.4 is 16.2 Å². The van der Waals surface area contributed by atoms with E-state index in [0.717, 1.165) is 46.2 Å². The Morgan fingerprint density at radius 2 is 1.31 bits per heavy atom. The average molecular weight is 992 g/mol. The van der Waals surface area contributed by atoms with Crippen molar-refractivity contribution >= 4 is 117 Å². The summed E-state index contributed by atoms with van der Waals surface area (Å²) in [4.78, 5) is 1.36. The second-order valence-corrected chi connectivity index (χ2v) is 25.9. The van der Waals surface area contributed by atoms with Gasteiger partial charge in [0.1, 0.15) is 11.2 Å². The number of rotatable bonds is 5. The Morgan fingerprint density at radius 3 is 2.05 bits per heavy atom. The summed E-state index contributed by atoms with van der Waals surface area (Å²) < 4.78 is 12.0. The highest BCUT2D eigenvalue weighted by Crippen LogP contribution is 2.58. The fraction of sp³-hybridized carbons (Fsp3) is 0.206. The molecule has 3 nitrogen and oxygen atoms in total. The molecular formula is C68H56BN2OS2. The number of aromatic nitrogens is 1. The molecule has 2 atom stereocenters. The van der Waals surface area contributed by atoms with Crippen molar-refractivity contribution in [3.63, 3.8) is 0 Å². The van der Waals surface area contributed by atoms with Crippen LogP contribution in [0, 0.1) is 0 Å². The summed E-state index contributed by atoms with van der Waals surface area (Å²) in [7, 11) is 2.57. The van der Waals surface area contributed by atoms with Crippen LogP contribution in [-0.2, 0) is 16.2 Å². The maximum atomic E-state index is 6.72. The van der Waals surface area contributed by atoms with Gasteiger partial charge in [-0.1, -0.05) is 169 Å². The zero-order chi connectivity index (χ0) is 50.0. The lowest BCUT2D eigenvalue weighted by Gasteiger charge is -2.42. The molecule has 6 heteroatoms. The molecule has 2 unspecified atom stereocenters. The minimum Gasteiger partial charge on any atom is -0.456 e. The molecule has 3 aliphatic rings. The van der Waals surface area contributed by atoms with Crippen molar-refractivity contribution in [3.8, 4) is 16.8 Å². The van der Waals surface area contributed by atoms with Crippen molar-refractivity contribution in [1.82, 2.24) is 4.57 Å². The number of furan rings is 1. The maximum absolute atomic E-state index is 6.72. The normalized spacial score (nSPS) is 17.6. The number of thioether (sulfide) groups is 1. The molecule has 2 aliphatic heterocycles. The smallest absolute Gasteiger partial charge is 0.198 e. The largest absolute Gasteiger partial charge is 0.456 e. The van der Waals surface area contributed by atoms with Crippen LogP contribution in [-0.4, -0.2) is 11.8 Å². The highest BCUT2D eigenvalue weighted by atomic mass is 32.2. The summed E-state index contributed by atoms with van der Waals surface area (Å²) in [5, 5.41) is 11.8. The van der Waals surface area contributed by atoms with E-state index in [0.29, 0.717) is 0 Å². The molecule has 74 heavy (non-hydrogen) atoms. The van der Waals surface area contributed by atoms with Crippen LogP contribution in [0.2, 0.25) is 0 Å². The summed E-state index contributed by atoms with van der Waals surface area (Å²) in [5.41, 5.74) is 21.1. The maximum Gasteiger partial charge on any atom is 0.198 e. The summed E-state index contributed by atoms with van der Waals surface area (Å²) in [6, 6.07) is 64.2. The molecule has 0 fully saturated rings. The van der Waals surface area contributed by atoms with Crippen molar-refractivity contribution in [2.45, 2.75) is 93.6 Å². The van der Waals surface area contributed by atoms with E-state index < -0.39 is 0 Å². The van der Waals surface area contributed by atoms with E-state index in [1.807, 2.05) is 23.1 Å². The second kappa shape index (κ2) is 15.8. The minimum atomic E-state index is 0.0299. The predicted molar refractivity (Wildman–Crippen MR) is 318 cm³/mol. The molecule has 359 valence electrons. The number of hydrogen-bond donors (Lipinski definition) is 1. The third-order valence-electron chi connectivity index (χ3n) is 17.2. The molecule has 1 radical (unpaired) electrons. The highest BCUT2D eigenvalue weighted by molar-refractivity contribution is 8.00. The summed E-state index contributed by atoms with van der Waals surface area (Å²) in [6.45, 7) is 16.7. The highest BCUT2D eigenvalue weighted by Gasteiger charge is 2.41. The monoisotopic (exact) mass is 991 g/mol. The number of thiophene rings is 1. The fourth-order valence-electron chi connectivity index (χ4n) is 13.2. The number of benzene rings is 9. The van der Waals surface area contributed by atoms with Gasteiger partial charge >= 0.3 is 0 Å². The zero-order valence-electron chi connectivity index (χ0n) is 43.0. The summed E-state index contributed by atoms with van der Waals surface area (Å²) in [6.07, 6.45) is 2.31. The van der Waals surface area contributed by atoms with Crippen LogP contribution in [0.25, 0.3) is 80.7 Å². The molecule has 0 amide bonds. The molecule has 5 heterocycles. The van der Waals surface area contributed by atoms with Crippen molar-refractivity contribution in [2.75, 3.05) is 5.32 Å². The van der Waals surface area contributed by atoms with Gasteiger partial charge in [0.05, 0.1) is 11.2 Å². The molecule has 1 N–H and O–H groups in total. The van der Waals surface area contributed by atoms with E-state index in [4.69, 9.17) is 4.42 Å². The van der Waals surface area contributed by atoms with Gasteiger partial charge < -0.3 is 14.3 Å².